The molecule has 0 aliphatic heterocycles. The van der Waals surface area contributed by atoms with E-state index in [1.54, 1.807) is 0 Å². The smallest absolute Gasteiger partial charge is 0.0106 e. The Morgan fingerprint density at radius 3 is 1.74 bits per heavy atom. The van der Waals surface area contributed by atoms with Gasteiger partial charge in [-0.2, -0.15) is 0 Å². The van der Waals surface area contributed by atoms with Crippen LogP contribution in [0.2, 0.25) is 0 Å². The van der Waals surface area contributed by atoms with Gasteiger partial charge in [-0.25, -0.2) is 0 Å². The van der Waals surface area contributed by atoms with Crippen molar-refractivity contribution in [1.82, 2.24) is 0 Å². The second-order valence-electron chi connectivity index (χ2n) is 6.94. The van der Waals surface area contributed by atoms with E-state index in [-0.39, 0.29) is 10.8 Å². The van der Waals surface area contributed by atoms with Gasteiger partial charge < -0.3 is 0 Å². The third-order valence-electron chi connectivity index (χ3n) is 4.71. The summed E-state index contributed by atoms with van der Waals surface area (Å²) in [5.41, 5.74) is 4.49. The Balaban J connectivity index is 5.57. The van der Waals surface area contributed by atoms with Crippen molar-refractivity contribution in [1.29, 1.82) is 0 Å². The van der Waals surface area contributed by atoms with Gasteiger partial charge in [-0.15, -0.1) is 0 Å². The van der Waals surface area contributed by atoms with Crippen LogP contribution in [0.1, 0.15) is 74.7 Å². The molecule has 0 spiro atoms. The number of hydrogen-bond donors (Lipinski definition) is 0. The van der Waals surface area contributed by atoms with Crippen LogP contribution in [0.3, 0.4) is 0 Å². The topological polar surface area (TPSA) is 0 Å². The van der Waals surface area contributed by atoms with Crippen LogP contribution >= 0.6 is 0 Å². The van der Waals surface area contributed by atoms with Crippen LogP contribution in [0, 0.1) is 10.8 Å². The summed E-state index contributed by atoms with van der Waals surface area (Å²) in [6.45, 7) is 22.4. The van der Waals surface area contributed by atoms with E-state index in [4.69, 9.17) is 0 Å². The number of rotatable bonds is 7. The van der Waals surface area contributed by atoms with Gasteiger partial charge in [0.2, 0.25) is 0 Å². The highest BCUT2D eigenvalue weighted by Crippen LogP contribution is 2.37. The first-order chi connectivity index (χ1) is 8.60. The summed E-state index contributed by atoms with van der Waals surface area (Å²) in [6.07, 6.45) is 8.07. The molecule has 0 unspecified atom stereocenters. The lowest BCUT2D eigenvalue weighted by molar-refractivity contribution is 0.424. The first-order valence-electron chi connectivity index (χ1n) is 7.69. The zero-order valence-corrected chi connectivity index (χ0v) is 14.5. The minimum absolute atomic E-state index is 0.184. The molecule has 110 valence electrons. The normalized spacial score (nSPS) is 14.7. The fourth-order valence-electron chi connectivity index (χ4n) is 1.61. The summed E-state index contributed by atoms with van der Waals surface area (Å²) in [5, 5.41) is 0. The van der Waals surface area contributed by atoms with Gasteiger partial charge in [0.25, 0.3) is 0 Å². The maximum absolute atomic E-state index is 4.31. The molecule has 0 fully saturated rings. The van der Waals surface area contributed by atoms with Crippen LogP contribution in [0.25, 0.3) is 0 Å². The predicted octanol–water partition coefficient (Wildman–Crippen LogP) is 6.70. The molecule has 0 radical (unpaired) electrons. The van der Waals surface area contributed by atoms with Crippen LogP contribution < -0.4 is 0 Å². The maximum atomic E-state index is 4.31. The molecule has 0 heteroatoms. The largest absolute Gasteiger partial charge is 0.0953 e. The van der Waals surface area contributed by atoms with Crippen molar-refractivity contribution < 1.29 is 0 Å². The Kier molecular flexibility index (Phi) is 6.83. The molecular weight excluding hydrogens is 228 g/mol. The Morgan fingerprint density at radius 1 is 0.895 bits per heavy atom. The highest BCUT2D eigenvalue weighted by molar-refractivity contribution is 5.37. The molecule has 0 saturated carbocycles. The van der Waals surface area contributed by atoms with E-state index in [1.165, 1.54) is 16.7 Å². The molecule has 0 amide bonds. The zero-order valence-electron chi connectivity index (χ0n) is 14.5. The fourth-order valence-corrected chi connectivity index (χ4v) is 1.61. The number of allylic oxidation sites excluding steroid dienone is 5. The molecule has 0 nitrogen and oxygen atoms in total. The summed E-state index contributed by atoms with van der Waals surface area (Å²) >= 11 is 0. The van der Waals surface area contributed by atoms with Crippen molar-refractivity contribution in [3.05, 3.63) is 35.5 Å². The molecule has 0 saturated heterocycles. The average Bonchev–Trinajstić information content (AvgIpc) is 2.37. The van der Waals surface area contributed by atoms with Crippen LogP contribution in [-0.4, -0.2) is 0 Å². The molecule has 0 aromatic carbocycles. The quantitative estimate of drug-likeness (QED) is 0.448. The lowest BCUT2D eigenvalue weighted by atomic mass is 9.76. The molecule has 19 heavy (non-hydrogen) atoms. The van der Waals surface area contributed by atoms with E-state index in [2.05, 4.69) is 74.1 Å². The summed E-state index contributed by atoms with van der Waals surface area (Å²) in [5.74, 6) is 0. The molecule has 0 aliphatic rings. The molecule has 0 rings (SSSR count). The van der Waals surface area contributed by atoms with Crippen molar-refractivity contribution >= 4 is 0 Å². The van der Waals surface area contributed by atoms with E-state index in [1.807, 2.05) is 0 Å². The highest BCUT2D eigenvalue weighted by Gasteiger charge is 2.23. The van der Waals surface area contributed by atoms with E-state index in [0.29, 0.717) is 0 Å². The van der Waals surface area contributed by atoms with Crippen LogP contribution in [0.5, 0.6) is 0 Å². The minimum atomic E-state index is 0.184. The molecule has 0 atom stereocenters. The third kappa shape index (κ3) is 5.38. The lowest BCUT2D eigenvalue weighted by Gasteiger charge is -2.29. The highest BCUT2D eigenvalue weighted by atomic mass is 14.3. The Hall–Kier alpha value is -0.780. The molecule has 0 aliphatic carbocycles. The Labute approximate surface area is 121 Å². The van der Waals surface area contributed by atoms with Gasteiger partial charge in [0, 0.05) is 0 Å². The molecule has 0 N–H and O–H groups in total. The summed E-state index contributed by atoms with van der Waals surface area (Å²) in [7, 11) is 0. The van der Waals surface area contributed by atoms with Crippen LogP contribution in [0.4, 0.5) is 0 Å². The molecule has 0 aromatic heterocycles. The predicted molar refractivity (Wildman–Crippen MR) is 89.4 cm³/mol. The third-order valence-corrected chi connectivity index (χ3v) is 4.71. The van der Waals surface area contributed by atoms with E-state index < -0.39 is 0 Å². The van der Waals surface area contributed by atoms with Gasteiger partial charge in [-0.1, -0.05) is 72.8 Å². The second-order valence-corrected chi connectivity index (χ2v) is 6.94. The van der Waals surface area contributed by atoms with Crippen molar-refractivity contribution in [3.8, 4) is 0 Å². The molecule has 0 bridgehead atoms. The van der Waals surface area contributed by atoms with E-state index in [9.17, 15) is 0 Å². The molecule has 0 aromatic rings. The summed E-state index contributed by atoms with van der Waals surface area (Å²) in [4.78, 5) is 0. The van der Waals surface area contributed by atoms with Gasteiger partial charge >= 0.3 is 0 Å². The average molecular weight is 262 g/mol. The first kappa shape index (κ1) is 18.2. The monoisotopic (exact) mass is 262 g/mol. The second kappa shape index (κ2) is 7.12. The van der Waals surface area contributed by atoms with Crippen LogP contribution in [0.15, 0.2) is 35.5 Å². The van der Waals surface area contributed by atoms with E-state index >= 15 is 0 Å². The maximum Gasteiger partial charge on any atom is -0.0106 e. The van der Waals surface area contributed by atoms with Crippen molar-refractivity contribution in [2.45, 2.75) is 74.7 Å². The van der Waals surface area contributed by atoms with Gasteiger partial charge in [-0.05, 0) is 48.2 Å². The van der Waals surface area contributed by atoms with Gasteiger partial charge in [0.1, 0.15) is 0 Å². The lowest BCUT2D eigenvalue weighted by Crippen LogP contribution is -2.16. The summed E-state index contributed by atoms with van der Waals surface area (Å²) < 4.78 is 0. The fraction of sp³-hybridized carbons (Fsp3) is 0.684. The minimum Gasteiger partial charge on any atom is -0.0953 e. The Bertz CT molecular complexity index is 361. The van der Waals surface area contributed by atoms with Crippen molar-refractivity contribution in [2.75, 3.05) is 0 Å². The number of hydrogen-bond acceptors (Lipinski definition) is 0. The Morgan fingerprint density at radius 2 is 1.37 bits per heavy atom. The standard InChI is InChI=1S/C19H34/c1-10-15(4)13-17(19(8,9)12-3)14-16(5)18(6,7)11-2/h13-14H,5,10-12H2,1-4,6-9H3/b15-13+,17-14+. The van der Waals surface area contributed by atoms with E-state index in [0.717, 1.165) is 19.3 Å². The first-order valence-corrected chi connectivity index (χ1v) is 7.69. The van der Waals surface area contributed by atoms with Gasteiger partial charge in [0.15, 0.2) is 0 Å². The van der Waals surface area contributed by atoms with Gasteiger partial charge in [0.05, 0.1) is 0 Å². The zero-order chi connectivity index (χ0) is 15.3. The van der Waals surface area contributed by atoms with Gasteiger partial charge in [-0.3, -0.25) is 0 Å². The van der Waals surface area contributed by atoms with Crippen molar-refractivity contribution in [3.63, 3.8) is 0 Å². The van der Waals surface area contributed by atoms with Crippen molar-refractivity contribution in [2.24, 2.45) is 10.8 Å². The summed E-state index contributed by atoms with van der Waals surface area (Å²) in [6, 6.07) is 0. The molecule has 0 heterocycles. The molecular formula is C19H34. The SMILES string of the molecule is C=C(/C=C(\C=C(/C)CC)C(C)(C)CC)C(C)(C)CC. The van der Waals surface area contributed by atoms with Crippen LogP contribution in [-0.2, 0) is 0 Å².